The number of nitrogens with zero attached hydrogens (tertiary/aromatic N) is 2. The molecule has 4 heteroatoms. The Kier molecular flexibility index (Phi) is 2.36. The van der Waals surface area contributed by atoms with Crippen molar-refractivity contribution in [2.45, 2.75) is 26.4 Å². The zero-order valence-corrected chi connectivity index (χ0v) is 9.07. The molecule has 0 amide bonds. The zero-order valence-electron chi connectivity index (χ0n) is 9.07. The molecule has 4 nitrogen and oxygen atoms in total. The first-order chi connectivity index (χ1) is 7.13. The van der Waals surface area contributed by atoms with Gasteiger partial charge < -0.3 is 16.0 Å². The summed E-state index contributed by atoms with van der Waals surface area (Å²) in [5, 5.41) is 1.06. The molecule has 0 aliphatic carbocycles. The summed E-state index contributed by atoms with van der Waals surface area (Å²) < 4.78 is 2.12. The van der Waals surface area contributed by atoms with Gasteiger partial charge in [0, 0.05) is 24.2 Å². The molecule has 0 spiro atoms. The normalized spacial score (nSPS) is 11.5. The molecule has 0 aliphatic rings. The summed E-state index contributed by atoms with van der Waals surface area (Å²) in [6, 6.07) is 2.31. The van der Waals surface area contributed by atoms with Gasteiger partial charge in [0.15, 0.2) is 0 Å². The molecule has 0 saturated heterocycles. The monoisotopic (exact) mass is 204 g/mol. The highest BCUT2D eigenvalue weighted by Gasteiger charge is 2.10. The van der Waals surface area contributed by atoms with Crippen molar-refractivity contribution in [3.8, 4) is 0 Å². The van der Waals surface area contributed by atoms with Crippen LogP contribution in [0.1, 0.15) is 25.5 Å². The van der Waals surface area contributed by atoms with Gasteiger partial charge in [0.2, 0.25) is 0 Å². The van der Waals surface area contributed by atoms with Crippen LogP contribution >= 0.6 is 0 Å². The van der Waals surface area contributed by atoms with E-state index in [1.54, 1.807) is 6.20 Å². The summed E-state index contributed by atoms with van der Waals surface area (Å²) in [6.07, 6.45) is 3.74. The van der Waals surface area contributed by atoms with Gasteiger partial charge in [-0.25, -0.2) is 4.98 Å². The Morgan fingerprint density at radius 3 is 2.80 bits per heavy atom. The van der Waals surface area contributed by atoms with E-state index in [9.17, 15) is 0 Å². The van der Waals surface area contributed by atoms with Crippen LogP contribution in [0.25, 0.3) is 11.0 Å². The lowest BCUT2D eigenvalue weighted by Gasteiger charge is -2.07. The Labute approximate surface area is 88.9 Å². The van der Waals surface area contributed by atoms with Crippen LogP contribution in [0.2, 0.25) is 0 Å². The van der Waals surface area contributed by atoms with Crippen molar-refractivity contribution in [1.29, 1.82) is 0 Å². The van der Waals surface area contributed by atoms with Crippen LogP contribution in [-0.2, 0) is 6.54 Å². The van der Waals surface area contributed by atoms with Gasteiger partial charge in [-0.1, -0.05) is 0 Å². The van der Waals surface area contributed by atoms with Gasteiger partial charge in [0.25, 0.3) is 0 Å². The third-order valence-electron chi connectivity index (χ3n) is 2.55. The van der Waals surface area contributed by atoms with E-state index < -0.39 is 0 Å². The number of rotatable bonds is 2. The minimum atomic E-state index is 0.379. The maximum absolute atomic E-state index is 5.72. The van der Waals surface area contributed by atoms with E-state index in [1.165, 1.54) is 0 Å². The van der Waals surface area contributed by atoms with Crippen molar-refractivity contribution in [3.05, 3.63) is 24.0 Å². The van der Waals surface area contributed by atoms with Gasteiger partial charge in [-0.2, -0.15) is 0 Å². The second-order valence-corrected chi connectivity index (χ2v) is 4.00. The summed E-state index contributed by atoms with van der Waals surface area (Å²) >= 11 is 0. The average molecular weight is 204 g/mol. The molecule has 15 heavy (non-hydrogen) atoms. The third-order valence-corrected chi connectivity index (χ3v) is 2.55. The first kappa shape index (κ1) is 9.98. The van der Waals surface area contributed by atoms with Crippen molar-refractivity contribution in [2.75, 3.05) is 5.73 Å². The van der Waals surface area contributed by atoms with E-state index >= 15 is 0 Å². The zero-order chi connectivity index (χ0) is 11.0. The molecule has 0 saturated carbocycles. The highest BCUT2D eigenvalue weighted by atomic mass is 15.0. The first-order valence-electron chi connectivity index (χ1n) is 5.08. The van der Waals surface area contributed by atoms with Gasteiger partial charge in [-0.15, -0.1) is 0 Å². The molecule has 0 bridgehead atoms. The van der Waals surface area contributed by atoms with E-state index in [4.69, 9.17) is 11.5 Å². The van der Waals surface area contributed by atoms with Crippen LogP contribution < -0.4 is 11.5 Å². The fraction of sp³-hybridized carbons (Fsp3) is 0.364. The number of aromatic nitrogens is 2. The Morgan fingerprint density at radius 2 is 2.20 bits per heavy atom. The lowest BCUT2D eigenvalue weighted by molar-refractivity contribution is 0.616. The topological polar surface area (TPSA) is 69.9 Å². The number of nitrogens with two attached hydrogens (primary N) is 2. The van der Waals surface area contributed by atoms with Crippen molar-refractivity contribution >= 4 is 16.7 Å². The van der Waals surface area contributed by atoms with E-state index in [0.717, 1.165) is 16.6 Å². The number of anilines is 1. The van der Waals surface area contributed by atoms with Crippen LogP contribution in [0, 0.1) is 0 Å². The second kappa shape index (κ2) is 3.55. The van der Waals surface area contributed by atoms with Gasteiger partial charge in [-0.05, 0) is 25.5 Å². The molecule has 2 rings (SSSR count). The number of hydrogen-bond donors (Lipinski definition) is 2. The quantitative estimate of drug-likeness (QED) is 0.781. The van der Waals surface area contributed by atoms with Crippen molar-refractivity contribution < 1.29 is 0 Å². The van der Waals surface area contributed by atoms with Crippen molar-refractivity contribution in [2.24, 2.45) is 5.73 Å². The van der Waals surface area contributed by atoms with E-state index in [0.29, 0.717) is 18.3 Å². The molecule has 0 unspecified atom stereocenters. The third kappa shape index (κ3) is 1.57. The van der Waals surface area contributed by atoms with Crippen LogP contribution in [0.4, 0.5) is 5.69 Å². The molecular weight excluding hydrogens is 188 g/mol. The van der Waals surface area contributed by atoms with Crippen LogP contribution in [0.5, 0.6) is 0 Å². The maximum Gasteiger partial charge on any atom is 0.140 e. The molecule has 2 aromatic rings. The number of pyridine rings is 1. The Bertz CT molecular complexity index is 485. The van der Waals surface area contributed by atoms with E-state index in [2.05, 4.69) is 29.6 Å². The summed E-state index contributed by atoms with van der Waals surface area (Å²) in [5.41, 5.74) is 14.2. The fourth-order valence-electron chi connectivity index (χ4n) is 1.77. The predicted octanol–water partition coefficient (Wildman–Crippen LogP) is 1.66. The molecule has 0 atom stereocenters. The number of hydrogen-bond acceptors (Lipinski definition) is 3. The lowest BCUT2D eigenvalue weighted by atomic mass is 10.2. The fourth-order valence-corrected chi connectivity index (χ4v) is 1.77. The first-order valence-corrected chi connectivity index (χ1v) is 5.08. The molecular formula is C11H16N4. The summed E-state index contributed by atoms with van der Waals surface area (Å²) in [7, 11) is 0. The average Bonchev–Trinajstić information content (AvgIpc) is 2.55. The van der Waals surface area contributed by atoms with E-state index in [-0.39, 0.29) is 0 Å². The van der Waals surface area contributed by atoms with Crippen LogP contribution in [0.15, 0.2) is 18.5 Å². The Hall–Kier alpha value is -1.55. The molecule has 0 fully saturated rings. The van der Waals surface area contributed by atoms with Crippen LogP contribution in [-0.4, -0.2) is 9.55 Å². The molecule has 2 aromatic heterocycles. The summed E-state index contributed by atoms with van der Waals surface area (Å²) in [4.78, 5) is 4.35. The van der Waals surface area contributed by atoms with Gasteiger partial charge in [-0.3, -0.25) is 0 Å². The van der Waals surface area contributed by atoms with Crippen LogP contribution in [0.3, 0.4) is 0 Å². The molecule has 2 heterocycles. The smallest absolute Gasteiger partial charge is 0.140 e. The second-order valence-electron chi connectivity index (χ2n) is 4.00. The largest absolute Gasteiger partial charge is 0.397 e. The summed E-state index contributed by atoms with van der Waals surface area (Å²) in [6.45, 7) is 4.76. The van der Waals surface area contributed by atoms with Gasteiger partial charge >= 0.3 is 0 Å². The Balaban J connectivity index is 2.75. The predicted molar refractivity (Wildman–Crippen MR) is 62.4 cm³/mol. The minimum Gasteiger partial charge on any atom is -0.397 e. The van der Waals surface area contributed by atoms with Gasteiger partial charge in [0.05, 0.1) is 11.9 Å². The van der Waals surface area contributed by atoms with Crippen molar-refractivity contribution in [3.63, 3.8) is 0 Å². The molecule has 4 N–H and O–H groups in total. The highest BCUT2D eigenvalue weighted by molar-refractivity contribution is 5.83. The molecule has 0 radical (unpaired) electrons. The van der Waals surface area contributed by atoms with E-state index in [1.807, 2.05) is 6.07 Å². The molecule has 0 aliphatic heterocycles. The Morgan fingerprint density at radius 1 is 1.47 bits per heavy atom. The minimum absolute atomic E-state index is 0.379. The lowest BCUT2D eigenvalue weighted by Crippen LogP contribution is -2.00. The van der Waals surface area contributed by atoms with Gasteiger partial charge in [0.1, 0.15) is 5.65 Å². The molecule has 0 aromatic carbocycles. The maximum atomic E-state index is 5.72. The molecule has 80 valence electrons. The number of fused-ring (bicyclic) bond motifs is 1. The summed E-state index contributed by atoms with van der Waals surface area (Å²) in [5.74, 6) is 0. The SMILES string of the molecule is CC(C)n1cc(CN)c2cc(N)cnc21. The standard InChI is InChI=1S/C11H16N4/c1-7(2)15-6-8(4-12)10-3-9(13)5-14-11(10)15/h3,5-7H,4,12-13H2,1-2H3. The highest BCUT2D eigenvalue weighted by Crippen LogP contribution is 2.24. The van der Waals surface area contributed by atoms with Crippen molar-refractivity contribution in [1.82, 2.24) is 9.55 Å². The number of nitrogen functional groups attached to an aromatic ring is 1.